The largest absolute Gasteiger partial charge is 0.340 e. The number of rotatable bonds is 4. The summed E-state index contributed by atoms with van der Waals surface area (Å²) in [4.78, 5) is 13.2. The smallest absolute Gasteiger partial charge is 0.223 e. The van der Waals surface area contributed by atoms with Gasteiger partial charge in [0.05, 0.1) is 5.38 Å². The first-order chi connectivity index (χ1) is 10.0. The monoisotopic (exact) mass is 369 g/mol. The fraction of sp³-hybridized carbons (Fsp3) is 0.385. The minimum Gasteiger partial charge on any atom is -0.340 e. The van der Waals surface area contributed by atoms with E-state index in [1.54, 1.807) is 13.1 Å². The van der Waals surface area contributed by atoms with Gasteiger partial charge < -0.3 is 9.09 Å². The van der Waals surface area contributed by atoms with E-state index in [-0.39, 0.29) is 5.38 Å². The molecule has 0 fully saturated rings. The van der Waals surface area contributed by atoms with Crippen LogP contribution in [0.25, 0.3) is 11.2 Å². The third kappa shape index (κ3) is 2.94. The Bertz CT molecular complexity index is 782. The highest BCUT2D eigenvalue weighted by molar-refractivity contribution is 9.10. The van der Waals surface area contributed by atoms with Crippen LogP contribution >= 0.6 is 27.5 Å². The molecule has 6 nitrogen and oxygen atoms in total. The molecule has 0 bridgehead atoms. The van der Waals surface area contributed by atoms with Gasteiger partial charge in [0.2, 0.25) is 5.89 Å². The van der Waals surface area contributed by atoms with Crippen LogP contribution < -0.4 is 0 Å². The molecular formula is C13H13BrClN5O. The van der Waals surface area contributed by atoms with Gasteiger partial charge >= 0.3 is 0 Å². The Morgan fingerprint density at radius 2 is 2.24 bits per heavy atom. The quantitative estimate of drug-likeness (QED) is 0.658. The first-order valence-electron chi connectivity index (χ1n) is 6.49. The molecule has 110 valence electrons. The maximum absolute atomic E-state index is 6.23. The summed E-state index contributed by atoms with van der Waals surface area (Å²) in [7, 11) is 0. The molecule has 3 aromatic rings. The lowest BCUT2D eigenvalue weighted by atomic mass is 10.3. The minimum absolute atomic E-state index is 0.204. The lowest BCUT2D eigenvalue weighted by molar-refractivity contribution is 0.386. The van der Waals surface area contributed by atoms with E-state index in [9.17, 15) is 0 Å². The zero-order valence-electron chi connectivity index (χ0n) is 11.5. The number of halogens is 2. The van der Waals surface area contributed by atoms with Crippen LogP contribution in [0.1, 0.15) is 29.8 Å². The van der Waals surface area contributed by atoms with Gasteiger partial charge in [0.15, 0.2) is 11.5 Å². The van der Waals surface area contributed by atoms with Crippen molar-refractivity contribution in [1.82, 2.24) is 24.7 Å². The highest BCUT2D eigenvalue weighted by Gasteiger charge is 2.16. The molecule has 0 aliphatic carbocycles. The molecule has 21 heavy (non-hydrogen) atoms. The summed E-state index contributed by atoms with van der Waals surface area (Å²) < 4.78 is 7.88. The Hall–Kier alpha value is -1.47. The zero-order chi connectivity index (χ0) is 15.0. The van der Waals surface area contributed by atoms with Crippen LogP contribution in [0.4, 0.5) is 0 Å². The summed E-state index contributed by atoms with van der Waals surface area (Å²) >= 11 is 9.64. The van der Waals surface area contributed by atoms with Gasteiger partial charge in [-0.3, -0.25) is 0 Å². The second-order valence-electron chi connectivity index (χ2n) is 4.71. The van der Waals surface area contributed by atoms with Crippen LogP contribution in [-0.4, -0.2) is 24.7 Å². The molecule has 0 amide bonds. The summed E-state index contributed by atoms with van der Waals surface area (Å²) in [6, 6.07) is 1.93. The van der Waals surface area contributed by atoms with Gasteiger partial charge in [-0.25, -0.2) is 9.97 Å². The summed E-state index contributed by atoms with van der Waals surface area (Å²) in [5.74, 6) is 2.02. The Balaban J connectivity index is 1.97. The molecule has 0 saturated heterocycles. The average molecular weight is 371 g/mol. The second kappa shape index (κ2) is 5.73. The number of aryl methyl sites for hydroxylation is 3. The Morgan fingerprint density at radius 1 is 1.43 bits per heavy atom. The van der Waals surface area contributed by atoms with Crippen LogP contribution in [0.15, 0.2) is 21.3 Å². The lowest BCUT2D eigenvalue weighted by Crippen LogP contribution is -2.08. The first kappa shape index (κ1) is 14.5. The van der Waals surface area contributed by atoms with Crippen molar-refractivity contribution in [2.75, 3.05) is 0 Å². The van der Waals surface area contributed by atoms with Crippen LogP contribution in [0.3, 0.4) is 0 Å². The van der Waals surface area contributed by atoms with Crippen molar-refractivity contribution in [3.8, 4) is 0 Å². The van der Waals surface area contributed by atoms with E-state index < -0.39 is 0 Å². The Morgan fingerprint density at radius 3 is 2.90 bits per heavy atom. The molecule has 0 saturated carbocycles. The van der Waals surface area contributed by atoms with Crippen molar-refractivity contribution in [3.05, 3.63) is 34.3 Å². The Labute approximate surface area is 134 Å². The molecule has 0 aromatic carbocycles. The summed E-state index contributed by atoms with van der Waals surface area (Å²) in [5.41, 5.74) is 1.62. The molecule has 0 N–H and O–H groups in total. The molecule has 1 unspecified atom stereocenters. The van der Waals surface area contributed by atoms with Crippen LogP contribution in [0.2, 0.25) is 0 Å². The molecule has 0 radical (unpaired) electrons. The number of nitrogens with zero attached hydrogens (tertiary/aromatic N) is 5. The van der Waals surface area contributed by atoms with E-state index in [0.717, 1.165) is 21.5 Å². The predicted octanol–water partition coefficient (Wildman–Crippen LogP) is 3.43. The van der Waals surface area contributed by atoms with Crippen LogP contribution in [0, 0.1) is 6.92 Å². The van der Waals surface area contributed by atoms with Crippen molar-refractivity contribution in [2.45, 2.75) is 32.2 Å². The van der Waals surface area contributed by atoms with Crippen molar-refractivity contribution in [2.24, 2.45) is 0 Å². The van der Waals surface area contributed by atoms with Crippen molar-refractivity contribution in [1.29, 1.82) is 0 Å². The van der Waals surface area contributed by atoms with E-state index in [1.165, 1.54) is 0 Å². The van der Waals surface area contributed by atoms with Crippen molar-refractivity contribution >= 4 is 38.7 Å². The summed E-state index contributed by atoms with van der Waals surface area (Å²) in [5, 5.41) is 3.70. The van der Waals surface area contributed by atoms with E-state index in [0.29, 0.717) is 24.7 Å². The molecule has 8 heteroatoms. The third-order valence-corrected chi connectivity index (χ3v) is 3.69. The van der Waals surface area contributed by atoms with Crippen molar-refractivity contribution in [3.63, 3.8) is 0 Å². The summed E-state index contributed by atoms with van der Waals surface area (Å²) in [6.45, 7) is 4.32. The molecule has 3 aromatic heterocycles. The minimum atomic E-state index is -0.204. The van der Waals surface area contributed by atoms with Crippen LogP contribution in [0.5, 0.6) is 0 Å². The number of fused-ring (bicyclic) bond motifs is 1. The maximum Gasteiger partial charge on any atom is 0.223 e. The number of aromatic nitrogens is 5. The van der Waals surface area contributed by atoms with Gasteiger partial charge in [0, 0.05) is 30.6 Å². The standard InChI is InChI=1S/C13H13BrClN5O/c1-7(15)12-18-10-5-9(14)6-16-13(10)20(12)4-3-11-17-8(2)21-19-11/h5-7H,3-4H2,1-2H3. The van der Waals surface area contributed by atoms with Gasteiger partial charge in [-0.2, -0.15) is 4.98 Å². The van der Waals surface area contributed by atoms with E-state index in [2.05, 4.69) is 36.0 Å². The van der Waals surface area contributed by atoms with Gasteiger partial charge in [0.25, 0.3) is 0 Å². The summed E-state index contributed by atoms with van der Waals surface area (Å²) in [6.07, 6.45) is 2.39. The fourth-order valence-corrected chi connectivity index (χ4v) is 2.67. The predicted molar refractivity (Wildman–Crippen MR) is 82.2 cm³/mol. The van der Waals surface area contributed by atoms with Crippen LogP contribution in [-0.2, 0) is 13.0 Å². The number of hydrogen-bond acceptors (Lipinski definition) is 5. The third-order valence-electron chi connectivity index (χ3n) is 3.07. The van der Waals surface area contributed by atoms with E-state index in [1.807, 2.05) is 17.6 Å². The number of alkyl halides is 1. The molecular weight excluding hydrogens is 358 g/mol. The van der Waals surface area contributed by atoms with Gasteiger partial charge in [-0.05, 0) is 28.9 Å². The van der Waals surface area contributed by atoms with Gasteiger partial charge in [-0.15, -0.1) is 11.6 Å². The molecule has 3 rings (SSSR count). The molecule has 3 heterocycles. The maximum atomic E-state index is 6.23. The number of imidazole rings is 1. The average Bonchev–Trinajstić information content (AvgIpc) is 2.99. The fourth-order valence-electron chi connectivity index (χ4n) is 2.18. The second-order valence-corrected chi connectivity index (χ2v) is 6.28. The topological polar surface area (TPSA) is 69.6 Å². The molecule has 0 spiro atoms. The van der Waals surface area contributed by atoms with E-state index in [4.69, 9.17) is 16.1 Å². The molecule has 1 atom stereocenters. The van der Waals surface area contributed by atoms with E-state index >= 15 is 0 Å². The first-order valence-corrected chi connectivity index (χ1v) is 7.72. The molecule has 0 aliphatic rings. The zero-order valence-corrected chi connectivity index (χ0v) is 13.9. The Kier molecular flexibility index (Phi) is 3.95. The number of hydrogen-bond donors (Lipinski definition) is 0. The van der Waals surface area contributed by atoms with Gasteiger partial charge in [0.1, 0.15) is 11.3 Å². The lowest BCUT2D eigenvalue weighted by Gasteiger charge is -2.08. The van der Waals surface area contributed by atoms with Crippen molar-refractivity contribution < 1.29 is 4.52 Å². The highest BCUT2D eigenvalue weighted by Crippen LogP contribution is 2.25. The van der Waals surface area contributed by atoms with Gasteiger partial charge in [-0.1, -0.05) is 5.16 Å². The SMILES string of the molecule is Cc1nc(CCn2c(C(C)Cl)nc3cc(Br)cnc32)no1. The molecule has 0 aliphatic heterocycles. The normalized spacial score (nSPS) is 13.0. The number of pyridine rings is 1. The highest BCUT2D eigenvalue weighted by atomic mass is 79.9.